The lowest BCUT2D eigenvalue weighted by molar-refractivity contribution is -0.137. The van der Waals surface area contributed by atoms with Gasteiger partial charge in [0.2, 0.25) is 5.91 Å². The largest absolute Gasteiger partial charge is 0.325 e. The van der Waals surface area contributed by atoms with Crippen LogP contribution in [-0.4, -0.2) is 35.1 Å². The van der Waals surface area contributed by atoms with Crippen molar-refractivity contribution in [2.45, 2.75) is 43.7 Å². The molecule has 6 nitrogen and oxygen atoms in total. The van der Waals surface area contributed by atoms with Gasteiger partial charge < -0.3 is 10.6 Å². The molecule has 186 valence electrons. The van der Waals surface area contributed by atoms with Crippen LogP contribution < -0.4 is 10.6 Å². The minimum Gasteiger partial charge on any atom is -0.325 e. The van der Waals surface area contributed by atoms with E-state index in [1.54, 1.807) is 12.1 Å². The Kier molecular flexibility index (Phi) is 4.71. The van der Waals surface area contributed by atoms with Crippen molar-refractivity contribution in [1.29, 1.82) is 0 Å². The third kappa shape index (κ3) is 2.61. The number of anilines is 2. The van der Waals surface area contributed by atoms with Crippen molar-refractivity contribution in [2.24, 2.45) is 5.92 Å². The number of carbonyl (C=O) groups excluding carboxylic acids is 3. The number of fused-ring (bicyclic) bond motifs is 7. The van der Waals surface area contributed by atoms with Gasteiger partial charge in [0.1, 0.15) is 11.0 Å². The molecule has 7 heteroatoms. The molecule has 4 heterocycles. The highest BCUT2D eigenvalue weighted by molar-refractivity contribution is 9.10. The van der Waals surface area contributed by atoms with E-state index < -0.39 is 16.9 Å². The summed E-state index contributed by atoms with van der Waals surface area (Å²) in [5, 5.41) is 6.26. The van der Waals surface area contributed by atoms with Crippen LogP contribution in [0, 0.1) is 19.8 Å². The molecule has 4 aliphatic heterocycles. The molecule has 0 radical (unpaired) electrons. The summed E-state index contributed by atoms with van der Waals surface area (Å²) in [6, 6.07) is 18.7. The van der Waals surface area contributed by atoms with E-state index in [1.807, 2.05) is 62.4 Å². The van der Waals surface area contributed by atoms with E-state index in [2.05, 4.69) is 31.5 Å². The fraction of sp³-hybridized carbons (Fsp3) is 0.300. The second-order valence-electron chi connectivity index (χ2n) is 10.7. The van der Waals surface area contributed by atoms with Crippen LogP contribution in [0.3, 0.4) is 0 Å². The first kappa shape index (κ1) is 22.9. The van der Waals surface area contributed by atoms with Crippen molar-refractivity contribution in [1.82, 2.24) is 4.90 Å². The van der Waals surface area contributed by atoms with Crippen molar-refractivity contribution in [3.05, 3.63) is 93.0 Å². The smallest absolute Gasteiger partial charge is 0.251 e. The number of amides is 2. The monoisotopic (exact) mass is 555 g/mol. The van der Waals surface area contributed by atoms with Crippen LogP contribution in [0.25, 0.3) is 0 Å². The molecule has 4 atom stereocenters. The van der Waals surface area contributed by atoms with E-state index in [0.717, 1.165) is 45.3 Å². The van der Waals surface area contributed by atoms with Crippen LogP contribution in [0.4, 0.5) is 11.4 Å². The van der Waals surface area contributed by atoms with Gasteiger partial charge in [-0.1, -0.05) is 64.0 Å². The summed E-state index contributed by atoms with van der Waals surface area (Å²) in [6.07, 6.45) is 1.61. The van der Waals surface area contributed by atoms with E-state index in [0.29, 0.717) is 17.8 Å². The third-order valence-electron chi connectivity index (χ3n) is 8.96. The van der Waals surface area contributed by atoms with Crippen molar-refractivity contribution in [3.63, 3.8) is 0 Å². The topological polar surface area (TPSA) is 78.5 Å². The van der Waals surface area contributed by atoms with Crippen molar-refractivity contribution >= 4 is 44.9 Å². The van der Waals surface area contributed by atoms with Gasteiger partial charge in [0.25, 0.3) is 5.91 Å². The standard InChI is InChI=1S/C30H26BrN3O3/c1-16-14-17(2)25-21(15-16)30(28(37)33-25)29(20-6-3-4-7-22(20)32-27(29)36)24(23-8-5-13-34(23)30)26(35)18-9-11-19(31)12-10-18/h3-4,6-7,9-12,14-15,23-24H,5,8,13H2,1-2H3,(H,32,36)(H,33,37)/t23-,24+,29+,30-/m1/s1. The van der Waals surface area contributed by atoms with Crippen molar-refractivity contribution in [3.8, 4) is 0 Å². The minimum absolute atomic E-state index is 0.0984. The van der Waals surface area contributed by atoms with Gasteiger partial charge in [-0.2, -0.15) is 0 Å². The summed E-state index contributed by atoms with van der Waals surface area (Å²) < 4.78 is 0.878. The molecule has 3 aromatic carbocycles. The maximum absolute atomic E-state index is 14.6. The zero-order chi connectivity index (χ0) is 25.7. The number of rotatable bonds is 2. The van der Waals surface area contributed by atoms with Crippen LogP contribution in [-0.2, 0) is 20.5 Å². The lowest BCUT2D eigenvalue weighted by Gasteiger charge is -2.43. The number of hydrogen-bond acceptors (Lipinski definition) is 4. The minimum atomic E-state index is -1.41. The van der Waals surface area contributed by atoms with Gasteiger partial charge in [-0.3, -0.25) is 19.3 Å². The average Bonchev–Trinajstić information content (AvgIpc) is 3.59. The van der Waals surface area contributed by atoms with Gasteiger partial charge >= 0.3 is 0 Å². The van der Waals surface area contributed by atoms with Gasteiger partial charge in [0.15, 0.2) is 5.78 Å². The van der Waals surface area contributed by atoms with E-state index in [1.165, 1.54) is 0 Å². The van der Waals surface area contributed by atoms with Crippen LogP contribution >= 0.6 is 15.9 Å². The van der Waals surface area contributed by atoms with Crippen LogP contribution in [0.1, 0.15) is 45.5 Å². The first-order valence-electron chi connectivity index (χ1n) is 12.7. The van der Waals surface area contributed by atoms with Gasteiger partial charge in [0, 0.05) is 33.0 Å². The van der Waals surface area contributed by atoms with Crippen LogP contribution in [0.2, 0.25) is 0 Å². The Labute approximate surface area is 223 Å². The predicted octanol–water partition coefficient (Wildman–Crippen LogP) is 5.08. The molecule has 2 fully saturated rings. The fourth-order valence-corrected chi connectivity index (χ4v) is 8.09. The van der Waals surface area contributed by atoms with E-state index in [-0.39, 0.29) is 23.6 Å². The number of para-hydroxylation sites is 1. The maximum atomic E-state index is 14.6. The second kappa shape index (κ2) is 7.62. The Morgan fingerprint density at radius 2 is 1.73 bits per heavy atom. The van der Waals surface area contributed by atoms with Crippen LogP contribution in [0.5, 0.6) is 0 Å². The number of carbonyl (C=O) groups is 3. The number of ketones is 1. The number of benzene rings is 3. The molecule has 0 aliphatic carbocycles. The zero-order valence-electron chi connectivity index (χ0n) is 20.6. The normalized spacial score (nSPS) is 29.4. The molecule has 2 N–H and O–H groups in total. The summed E-state index contributed by atoms with van der Waals surface area (Å²) in [7, 11) is 0. The van der Waals surface area contributed by atoms with E-state index >= 15 is 0 Å². The molecule has 2 spiro atoms. The molecular weight excluding hydrogens is 530 g/mol. The average molecular weight is 556 g/mol. The third-order valence-corrected chi connectivity index (χ3v) is 9.49. The molecule has 2 amide bonds. The Bertz CT molecular complexity index is 1530. The SMILES string of the molecule is Cc1cc(C)c2c(c1)[C@]1(C(=O)N2)N2CCC[C@@H]2[C@@H](C(=O)c2ccc(Br)cc2)[C@@]12C(=O)Nc1ccccc12. The summed E-state index contributed by atoms with van der Waals surface area (Å²) in [5.74, 6) is -1.32. The second-order valence-corrected chi connectivity index (χ2v) is 11.6. The summed E-state index contributed by atoms with van der Waals surface area (Å²) in [6.45, 7) is 4.65. The number of halogens is 1. The number of nitrogens with one attached hydrogen (secondary N) is 2. The van der Waals surface area contributed by atoms with Gasteiger partial charge in [-0.15, -0.1) is 0 Å². The molecule has 0 bridgehead atoms. The summed E-state index contributed by atoms with van der Waals surface area (Å²) in [5.41, 5.74) is 2.76. The molecule has 37 heavy (non-hydrogen) atoms. The van der Waals surface area contributed by atoms with E-state index in [9.17, 15) is 14.4 Å². The number of Topliss-reactive ketones (excluding diaryl/α,β-unsaturated/α-hetero) is 1. The highest BCUT2D eigenvalue weighted by Crippen LogP contribution is 2.68. The number of aryl methyl sites for hydroxylation is 2. The molecule has 3 aromatic rings. The lowest BCUT2D eigenvalue weighted by atomic mass is 9.57. The Hall–Kier alpha value is -3.29. The molecule has 0 unspecified atom stereocenters. The first-order valence-corrected chi connectivity index (χ1v) is 13.5. The fourth-order valence-electron chi connectivity index (χ4n) is 7.83. The van der Waals surface area contributed by atoms with Gasteiger partial charge in [-0.25, -0.2) is 0 Å². The summed E-state index contributed by atoms with van der Waals surface area (Å²) >= 11 is 3.47. The molecule has 0 saturated carbocycles. The first-order chi connectivity index (χ1) is 17.8. The molecule has 0 aromatic heterocycles. The van der Waals surface area contributed by atoms with Crippen molar-refractivity contribution < 1.29 is 14.4 Å². The lowest BCUT2D eigenvalue weighted by Crippen LogP contribution is -2.62. The Morgan fingerprint density at radius 1 is 0.973 bits per heavy atom. The quantitative estimate of drug-likeness (QED) is 0.432. The van der Waals surface area contributed by atoms with E-state index in [4.69, 9.17) is 0 Å². The van der Waals surface area contributed by atoms with Crippen molar-refractivity contribution in [2.75, 3.05) is 17.2 Å². The molecule has 7 rings (SSSR count). The Balaban J connectivity index is 1.60. The molecule has 4 aliphatic rings. The Morgan fingerprint density at radius 3 is 2.51 bits per heavy atom. The van der Waals surface area contributed by atoms with Crippen LogP contribution in [0.15, 0.2) is 65.1 Å². The molecule has 2 saturated heterocycles. The van der Waals surface area contributed by atoms with Gasteiger partial charge in [-0.05, 0) is 62.6 Å². The highest BCUT2D eigenvalue weighted by atomic mass is 79.9. The number of nitrogens with zero attached hydrogens (tertiary/aromatic N) is 1. The summed E-state index contributed by atoms with van der Waals surface area (Å²) in [4.78, 5) is 45.7. The highest BCUT2D eigenvalue weighted by Gasteiger charge is 2.81. The molecular formula is C30H26BrN3O3. The van der Waals surface area contributed by atoms with Gasteiger partial charge in [0.05, 0.1) is 5.92 Å². The maximum Gasteiger partial charge on any atom is 0.251 e. The number of hydrogen-bond donors (Lipinski definition) is 2. The zero-order valence-corrected chi connectivity index (χ0v) is 22.2. The predicted molar refractivity (Wildman–Crippen MR) is 145 cm³/mol.